The number of hydrogen-bond donors (Lipinski definition) is 2. The molecule has 134 valence electrons. The van der Waals surface area contributed by atoms with Crippen molar-refractivity contribution >= 4 is 12.0 Å². The van der Waals surface area contributed by atoms with Crippen molar-refractivity contribution in [1.82, 2.24) is 10.2 Å². The van der Waals surface area contributed by atoms with Crippen LogP contribution in [0.15, 0.2) is 35.5 Å². The molecular weight excluding hydrogens is 315 g/mol. The molecule has 0 aliphatic carbocycles. The second-order valence-corrected chi connectivity index (χ2v) is 7.37. The van der Waals surface area contributed by atoms with Crippen LogP contribution in [-0.2, 0) is 0 Å². The highest BCUT2D eigenvalue weighted by atomic mass is 19.1. The third-order valence-corrected chi connectivity index (χ3v) is 5.72. The summed E-state index contributed by atoms with van der Waals surface area (Å²) in [6.07, 6.45) is 12.8. The Morgan fingerprint density at radius 1 is 1.24 bits per heavy atom. The SMILES string of the molecule is Fc1ccc2c(c1)C(CCCC1C=CN(C3CCN=CN3)CC1)CN2. The second-order valence-electron chi connectivity index (χ2n) is 7.37. The summed E-state index contributed by atoms with van der Waals surface area (Å²) in [7, 11) is 0. The standard InChI is InChI=1S/C20H27FN4/c21-17-4-5-19-18(12-17)16(13-23-19)3-1-2-15-7-10-25(11-8-15)20-6-9-22-14-24-20/h4-5,7,10,12,14-16,20,23H,1-3,6,8-9,11,13H2,(H,22,24). The highest BCUT2D eigenvalue weighted by molar-refractivity contribution is 5.57. The molecule has 0 radical (unpaired) electrons. The third kappa shape index (κ3) is 3.80. The van der Waals surface area contributed by atoms with Crippen LogP contribution in [0.5, 0.6) is 0 Å². The summed E-state index contributed by atoms with van der Waals surface area (Å²) < 4.78 is 13.5. The normalized spacial score (nSPS) is 27.7. The van der Waals surface area contributed by atoms with Gasteiger partial charge in [0, 0.05) is 37.7 Å². The summed E-state index contributed by atoms with van der Waals surface area (Å²) >= 11 is 0. The zero-order chi connectivity index (χ0) is 17.1. The Hall–Kier alpha value is -2.04. The van der Waals surface area contributed by atoms with Crippen molar-refractivity contribution in [1.29, 1.82) is 0 Å². The molecule has 0 amide bonds. The second kappa shape index (κ2) is 7.46. The van der Waals surface area contributed by atoms with E-state index in [9.17, 15) is 4.39 Å². The van der Waals surface area contributed by atoms with Crippen LogP contribution in [0.3, 0.4) is 0 Å². The van der Waals surface area contributed by atoms with Crippen molar-refractivity contribution in [3.8, 4) is 0 Å². The van der Waals surface area contributed by atoms with Gasteiger partial charge in [-0.05, 0) is 55.1 Å². The van der Waals surface area contributed by atoms with E-state index in [1.54, 1.807) is 12.1 Å². The quantitative estimate of drug-likeness (QED) is 0.857. The smallest absolute Gasteiger partial charge is 0.123 e. The lowest BCUT2D eigenvalue weighted by Gasteiger charge is -2.35. The van der Waals surface area contributed by atoms with Crippen LogP contribution in [0.4, 0.5) is 10.1 Å². The molecule has 0 aromatic heterocycles. The first-order valence-electron chi connectivity index (χ1n) is 9.51. The number of benzene rings is 1. The first kappa shape index (κ1) is 16.4. The Bertz CT molecular complexity index is 657. The maximum Gasteiger partial charge on any atom is 0.123 e. The van der Waals surface area contributed by atoms with Crippen molar-refractivity contribution in [2.45, 2.75) is 44.2 Å². The summed E-state index contributed by atoms with van der Waals surface area (Å²) in [5, 5.41) is 6.75. The molecule has 3 aliphatic rings. The number of nitrogens with zero attached hydrogens (tertiary/aromatic N) is 2. The highest BCUT2D eigenvalue weighted by Gasteiger charge is 2.24. The van der Waals surface area contributed by atoms with E-state index in [-0.39, 0.29) is 5.82 Å². The molecule has 3 aliphatic heterocycles. The van der Waals surface area contributed by atoms with Gasteiger partial charge in [-0.25, -0.2) is 4.39 Å². The molecule has 3 unspecified atom stereocenters. The number of halogens is 1. The minimum Gasteiger partial charge on any atom is -0.384 e. The van der Waals surface area contributed by atoms with Crippen LogP contribution in [-0.4, -0.2) is 37.0 Å². The molecule has 0 bridgehead atoms. The lowest BCUT2D eigenvalue weighted by Crippen LogP contribution is -2.46. The Balaban J connectivity index is 1.24. The molecule has 1 aromatic rings. The van der Waals surface area contributed by atoms with Gasteiger partial charge in [0.1, 0.15) is 12.0 Å². The van der Waals surface area contributed by atoms with Crippen LogP contribution >= 0.6 is 0 Å². The number of nitrogens with one attached hydrogen (secondary N) is 2. The largest absolute Gasteiger partial charge is 0.384 e. The van der Waals surface area contributed by atoms with Gasteiger partial charge in [-0.2, -0.15) is 0 Å². The van der Waals surface area contributed by atoms with Gasteiger partial charge < -0.3 is 15.5 Å². The fourth-order valence-electron chi connectivity index (χ4n) is 4.22. The van der Waals surface area contributed by atoms with Crippen LogP contribution in [0.2, 0.25) is 0 Å². The van der Waals surface area contributed by atoms with E-state index in [0.717, 1.165) is 43.7 Å². The van der Waals surface area contributed by atoms with Crippen molar-refractivity contribution in [3.63, 3.8) is 0 Å². The molecule has 25 heavy (non-hydrogen) atoms. The fourth-order valence-corrected chi connectivity index (χ4v) is 4.22. The summed E-state index contributed by atoms with van der Waals surface area (Å²) in [5.41, 5.74) is 2.28. The number of aliphatic imine (C=N–C) groups is 1. The molecule has 1 aromatic carbocycles. The first-order valence-corrected chi connectivity index (χ1v) is 9.51. The van der Waals surface area contributed by atoms with E-state index in [0.29, 0.717) is 18.0 Å². The molecule has 3 atom stereocenters. The van der Waals surface area contributed by atoms with Crippen LogP contribution in [0.1, 0.15) is 43.6 Å². The summed E-state index contributed by atoms with van der Waals surface area (Å²) in [5.74, 6) is 1.01. The average molecular weight is 342 g/mol. The van der Waals surface area contributed by atoms with Gasteiger partial charge in [-0.1, -0.05) is 12.5 Å². The Morgan fingerprint density at radius 2 is 2.20 bits per heavy atom. The van der Waals surface area contributed by atoms with E-state index in [1.807, 2.05) is 12.4 Å². The number of rotatable bonds is 5. The van der Waals surface area contributed by atoms with E-state index in [2.05, 4.69) is 32.8 Å². The number of allylic oxidation sites excluding steroid dienone is 1. The minimum absolute atomic E-state index is 0.121. The Labute approximate surface area is 149 Å². The number of fused-ring (bicyclic) bond motifs is 1. The molecule has 5 heteroatoms. The van der Waals surface area contributed by atoms with E-state index < -0.39 is 0 Å². The maximum absolute atomic E-state index is 13.5. The summed E-state index contributed by atoms with van der Waals surface area (Å²) in [4.78, 5) is 6.63. The van der Waals surface area contributed by atoms with Gasteiger partial charge in [0.2, 0.25) is 0 Å². The minimum atomic E-state index is -0.121. The molecule has 0 fully saturated rings. The van der Waals surface area contributed by atoms with Crippen molar-refractivity contribution in [3.05, 3.63) is 41.9 Å². The molecule has 0 saturated carbocycles. The van der Waals surface area contributed by atoms with Crippen LogP contribution < -0.4 is 10.6 Å². The van der Waals surface area contributed by atoms with E-state index in [4.69, 9.17) is 0 Å². The molecule has 2 N–H and O–H groups in total. The fraction of sp³-hybridized carbons (Fsp3) is 0.550. The summed E-state index contributed by atoms with van der Waals surface area (Å²) in [6, 6.07) is 5.12. The van der Waals surface area contributed by atoms with E-state index >= 15 is 0 Å². The van der Waals surface area contributed by atoms with E-state index in [1.165, 1.54) is 19.3 Å². The third-order valence-electron chi connectivity index (χ3n) is 5.72. The van der Waals surface area contributed by atoms with Gasteiger partial charge >= 0.3 is 0 Å². The maximum atomic E-state index is 13.5. The lowest BCUT2D eigenvalue weighted by atomic mass is 9.90. The Kier molecular flexibility index (Phi) is 4.90. The van der Waals surface area contributed by atoms with Gasteiger partial charge in [0.05, 0.1) is 6.34 Å². The Morgan fingerprint density at radius 3 is 3.00 bits per heavy atom. The molecule has 3 heterocycles. The van der Waals surface area contributed by atoms with Gasteiger partial charge in [-0.15, -0.1) is 0 Å². The van der Waals surface area contributed by atoms with Crippen molar-refractivity contribution in [2.75, 3.05) is 25.0 Å². The van der Waals surface area contributed by atoms with Crippen molar-refractivity contribution < 1.29 is 4.39 Å². The molecular formula is C20H27FN4. The number of anilines is 1. The first-order chi connectivity index (χ1) is 12.3. The van der Waals surface area contributed by atoms with Crippen LogP contribution in [0, 0.1) is 11.7 Å². The topological polar surface area (TPSA) is 39.7 Å². The molecule has 0 spiro atoms. The molecule has 4 nitrogen and oxygen atoms in total. The van der Waals surface area contributed by atoms with Crippen molar-refractivity contribution in [2.24, 2.45) is 10.9 Å². The lowest BCUT2D eigenvalue weighted by molar-refractivity contribution is 0.216. The van der Waals surface area contributed by atoms with Gasteiger partial charge in [-0.3, -0.25) is 4.99 Å². The predicted molar refractivity (Wildman–Crippen MR) is 100 cm³/mol. The molecule has 0 saturated heterocycles. The predicted octanol–water partition coefficient (Wildman–Crippen LogP) is 3.69. The highest BCUT2D eigenvalue weighted by Crippen LogP contribution is 2.35. The van der Waals surface area contributed by atoms with Gasteiger partial charge in [0.15, 0.2) is 0 Å². The van der Waals surface area contributed by atoms with Crippen LogP contribution in [0.25, 0.3) is 0 Å². The molecule has 4 rings (SSSR count). The zero-order valence-electron chi connectivity index (χ0n) is 14.6. The van der Waals surface area contributed by atoms with Gasteiger partial charge in [0.25, 0.3) is 0 Å². The number of hydrogen-bond acceptors (Lipinski definition) is 4. The monoisotopic (exact) mass is 342 g/mol. The average Bonchev–Trinajstić information content (AvgIpc) is 3.05. The zero-order valence-corrected chi connectivity index (χ0v) is 14.6. The summed E-state index contributed by atoms with van der Waals surface area (Å²) in [6.45, 7) is 2.98.